The number of rotatable bonds is 7. The van der Waals surface area contributed by atoms with Gasteiger partial charge in [0.15, 0.2) is 0 Å². The highest BCUT2D eigenvalue weighted by atomic mass is 16.5. The number of hydrogen-bond donors (Lipinski definition) is 3. The van der Waals surface area contributed by atoms with E-state index >= 15 is 0 Å². The number of hydrogen-bond acceptors (Lipinski definition) is 4. The highest BCUT2D eigenvalue weighted by Gasteiger charge is 2.18. The minimum Gasteiger partial charge on any atom is -0.331 e. The lowest BCUT2D eigenvalue weighted by Crippen LogP contribution is -2.43. The van der Waals surface area contributed by atoms with Crippen molar-refractivity contribution in [2.75, 3.05) is 6.54 Å². The van der Waals surface area contributed by atoms with Gasteiger partial charge in [-0.1, -0.05) is 19.1 Å². The van der Waals surface area contributed by atoms with E-state index in [0.29, 0.717) is 12.8 Å². The number of benzene rings is 1. The van der Waals surface area contributed by atoms with Crippen LogP contribution in [-0.2, 0) is 18.3 Å². The molecule has 0 aliphatic rings. The van der Waals surface area contributed by atoms with Gasteiger partial charge < -0.3 is 9.88 Å². The van der Waals surface area contributed by atoms with Gasteiger partial charge in [-0.05, 0) is 31.5 Å². The number of imidazole rings is 1. The summed E-state index contributed by atoms with van der Waals surface area (Å²) in [7, 11) is 1.98. The van der Waals surface area contributed by atoms with E-state index in [1.165, 1.54) is 0 Å². The zero-order chi connectivity index (χ0) is 15.2. The molecule has 1 unspecified atom stereocenters. The molecule has 0 bridgehead atoms. The Labute approximate surface area is 124 Å². The summed E-state index contributed by atoms with van der Waals surface area (Å²) >= 11 is 0. The summed E-state index contributed by atoms with van der Waals surface area (Å²) in [6.07, 6.45) is 2.19. The summed E-state index contributed by atoms with van der Waals surface area (Å²) in [6.45, 7) is 2.77. The van der Waals surface area contributed by atoms with E-state index in [4.69, 9.17) is 5.21 Å². The van der Waals surface area contributed by atoms with E-state index in [-0.39, 0.29) is 0 Å². The minimum atomic E-state index is -0.408. The number of fused-ring (bicyclic) bond motifs is 1. The molecule has 1 heterocycles. The maximum absolute atomic E-state index is 11.6. The van der Waals surface area contributed by atoms with Crippen molar-refractivity contribution in [1.82, 2.24) is 20.3 Å². The van der Waals surface area contributed by atoms with Crippen molar-refractivity contribution in [1.29, 1.82) is 0 Å². The molecular formula is C15H22N4O2. The summed E-state index contributed by atoms with van der Waals surface area (Å²) in [5, 5.41) is 11.9. The molecule has 1 atom stereocenters. The van der Waals surface area contributed by atoms with Crippen molar-refractivity contribution in [2.24, 2.45) is 7.05 Å². The van der Waals surface area contributed by atoms with Gasteiger partial charge in [-0.25, -0.2) is 10.5 Å². The van der Waals surface area contributed by atoms with E-state index in [1.54, 1.807) is 5.48 Å². The molecule has 0 spiro atoms. The number of para-hydroxylation sites is 2. The molecule has 2 aromatic rings. The fourth-order valence-electron chi connectivity index (χ4n) is 2.41. The second-order valence-corrected chi connectivity index (χ2v) is 5.10. The van der Waals surface area contributed by atoms with Crippen LogP contribution >= 0.6 is 0 Å². The van der Waals surface area contributed by atoms with Gasteiger partial charge in [-0.2, -0.15) is 0 Å². The summed E-state index contributed by atoms with van der Waals surface area (Å²) < 4.78 is 2.04. The molecular weight excluding hydrogens is 268 g/mol. The third kappa shape index (κ3) is 3.59. The van der Waals surface area contributed by atoms with E-state index in [1.807, 2.05) is 42.8 Å². The normalized spacial score (nSPS) is 12.5. The van der Waals surface area contributed by atoms with Crippen LogP contribution in [0.5, 0.6) is 0 Å². The zero-order valence-corrected chi connectivity index (χ0v) is 12.5. The van der Waals surface area contributed by atoms with Gasteiger partial charge in [0.1, 0.15) is 5.82 Å². The first kappa shape index (κ1) is 15.5. The quantitative estimate of drug-likeness (QED) is 0.532. The average molecular weight is 290 g/mol. The molecule has 3 N–H and O–H groups in total. The van der Waals surface area contributed by atoms with Crippen molar-refractivity contribution >= 4 is 16.9 Å². The largest absolute Gasteiger partial charge is 0.331 e. The summed E-state index contributed by atoms with van der Waals surface area (Å²) in [5.74, 6) is 0.535. The van der Waals surface area contributed by atoms with Crippen LogP contribution in [0.15, 0.2) is 24.3 Å². The molecule has 0 fully saturated rings. The van der Waals surface area contributed by atoms with E-state index in [2.05, 4.69) is 10.3 Å². The van der Waals surface area contributed by atoms with Crippen molar-refractivity contribution in [3.05, 3.63) is 30.1 Å². The van der Waals surface area contributed by atoms with Crippen LogP contribution in [0.2, 0.25) is 0 Å². The molecule has 6 nitrogen and oxygen atoms in total. The second-order valence-electron chi connectivity index (χ2n) is 5.10. The number of hydroxylamine groups is 1. The third-order valence-electron chi connectivity index (χ3n) is 3.60. The number of aromatic nitrogens is 2. The summed E-state index contributed by atoms with van der Waals surface area (Å²) in [6, 6.07) is 7.54. The van der Waals surface area contributed by atoms with Crippen LogP contribution in [-0.4, -0.2) is 33.3 Å². The molecule has 0 radical (unpaired) electrons. The molecule has 2 rings (SSSR count). The molecule has 6 heteroatoms. The first-order valence-electron chi connectivity index (χ1n) is 7.25. The molecule has 0 saturated carbocycles. The first-order valence-corrected chi connectivity index (χ1v) is 7.25. The highest BCUT2D eigenvalue weighted by Crippen LogP contribution is 2.15. The minimum absolute atomic E-state index is 0.401. The fourth-order valence-corrected chi connectivity index (χ4v) is 2.41. The van der Waals surface area contributed by atoms with Crippen molar-refractivity contribution < 1.29 is 10.0 Å². The van der Waals surface area contributed by atoms with Gasteiger partial charge in [0.05, 0.1) is 17.1 Å². The van der Waals surface area contributed by atoms with Crippen LogP contribution in [0.4, 0.5) is 0 Å². The Balaban J connectivity index is 2.08. The fraction of sp³-hybridized carbons (Fsp3) is 0.467. The van der Waals surface area contributed by atoms with E-state index < -0.39 is 11.9 Å². The van der Waals surface area contributed by atoms with Crippen LogP contribution in [0.1, 0.15) is 25.6 Å². The average Bonchev–Trinajstić information content (AvgIpc) is 2.83. The predicted octanol–water partition coefficient (Wildman–Crippen LogP) is 1.38. The maximum atomic E-state index is 11.6. The maximum Gasteiger partial charge on any atom is 0.260 e. The Morgan fingerprint density at radius 3 is 2.86 bits per heavy atom. The lowest BCUT2D eigenvalue weighted by molar-refractivity contribution is -0.131. The standard InChI is InChI=1S/C15H22N4O2/c1-3-10-16-12(15(20)18-21)8-9-14-17-11-6-4-5-7-13(11)19(14)2/h4-7,12,16,21H,3,8-10H2,1-2H3,(H,18,20). The van der Waals surface area contributed by atoms with Crippen LogP contribution in [0.3, 0.4) is 0 Å². The van der Waals surface area contributed by atoms with Gasteiger partial charge >= 0.3 is 0 Å². The molecule has 1 aromatic heterocycles. The van der Waals surface area contributed by atoms with Gasteiger partial charge in [-0.3, -0.25) is 10.0 Å². The van der Waals surface area contributed by atoms with E-state index in [9.17, 15) is 4.79 Å². The van der Waals surface area contributed by atoms with Gasteiger partial charge in [-0.15, -0.1) is 0 Å². The van der Waals surface area contributed by atoms with Crippen molar-refractivity contribution in [3.63, 3.8) is 0 Å². The summed E-state index contributed by atoms with van der Waals surface area (Å²) in [4.78, 5) is 16.2. The monoisotopic (exact) mass is 290 g/mol. The number of nitrogens with one attached hydrogen (secondary N) is 2. The second kappa shape index (κ2) is 7.19. The molecule has 0 aliphatic carbocycles. The van der Waals surface area contributed by atoms with Crippen molar-refractivity contribution in [3.8, 4) is 0 Å². The van der Waals surface area contributed by atoms with E-state index in [0.717, 1.165) is 29.8 Å². The summed E-state index contributed by atoms with van der Waals surface area (Å²) in [5.41, 5.74) is 3.76. The van der Waals surface area contributed by atoms with Crippen LogP contribution in [0.25, 0.3) is 11.0 Å². The number of aryl methyl sites for hydroxylation is 2. The van der Waals surface area contributed by atoms with Crippen molar-refractivity contribution in [2.45, 2.75) is 32.2 Å². The Bertz CT molecular complexity index is 609. The molecule has 114 valence electrons. The van der Waals surface area contributed by atoms with Crippen LogP contribution < -0.4 is 10.8 Å². The first-order chi connectivity index (χ1) is 10.2. The molecule has 1 amide bonds. The smallest absolute Gasteiger partial charge is 0.260 e. The lowest BCUT2D eigenvalue weighted by atomic mass is 10.1. The van der Waals surface area contributed by atoms with Gasteiger partial charge in [0, 0.05) is 13.5 Å². The van der Waals surface area contributed by atoms with Crippen LogP contribution in [0, 0.1) is 0 Å². The Kier molecular flexibility index (Phi) is 5.30. The Morgan fingerprint density at radius 1 is 1.43 bits per heavy atom. The number of nitrogens with zero attached hydrogens (tertiary/aromatic N) is 2. The third-order valence-corrected chi connectivity index (χ3v) is 3.60. The van der Waals surface area contributed by atoms with Gasteiger partial charge in [0.2, 0.25) is 0 Å². The number of carbonyl (C=O) groups excluding carboxylic acids is 1. The molecule has 0 saturated heterocycles. The topological polar surface area (TPSA) is 79.2 Å². The Hall–Kier alpha value is -1.92. The number of carbonyl (C=O) groups is 1. The SMILES string of the molecule is CCCNC(CCc1nc2ccccc2n1C)C(=O)NO. The number of amides is 1. The molecule has 0 aliphatic heterocycles. The van der Waals surface area contributed by atoms with Gasteiger partial charge in [0.25, 0.3) is 5.91 Å². The molecule has 21 heavy (non-hydrogen) atoms. The Morgan fingerprint density at radius 2 is 2.19 bits per heavy atom. The lowest BCUT2D eigenvalue weighted by Gasteiger charge is -2.16. The molecule has 1 aromatic carbocycles. The predicted molar refractivity (Wildman–Crippen MR) is 81.0 cm³/mol. The zero-order valence-electron chi connectivity index (χ0n) is 12.5. The highest BCUT2D eigenvalue weighted by molar-refractivity contribution is 5.80.